The van der Waals surface area contributed by atoms with Crippen molar-refractivity contribution in [2.75, 3.05) is 6.54 Å². The minimum atomic E-state index is -4.89. The van der Waals surface area contributed by atoms with Gasteiger partial charge < -0.3 is 14.8 Å². The maximum atomic E-state index is 13.8. The van der Waals surface area contributed by atoms with Crippen molar-refractivity contribution in [3.63, 3.8) is 0 Å². The molecule has 0 radical (unpaired) electrons. The number of halogens is 4. The summed E-state index contributed by atoms with van der Waals surface area (Å²) in [6, 6.07) is 5.39. The highest BCUT2D eigenvalue weighted by atomic mass is 19.4. The lowest BCUT2D eigenvalue weighted by atomic mass is 10.1. The summed E-state index contributed by atoms with van der Waals surface area (Å²) >= 11 is 0. The average molecular weight is 317 g/mol. The SMILES string of the molecule is O=C(NCC(O)c1ccco1)c1cccc(C(F)(F)F)c1F. The second-order valence-corrected chi connectivity index (χ2v) is 4.41. The molecule has 1 aromatic heterocycles. The van der Waals surface area contributed by atoms with E-state index >= 15 is 0 Å². The van der Waals surface area contributed by atoms with Crippen LogP contribution in [0, 0.1) is 5.82 Å². The summed E-state index contributed by atoms with van der Waals surface area (Å²) in [4.78, 5) is 11.8. The first-order valence-corrected chi connectivity index (χ1v) is 6.16. The molecule has 0 aliphatic carbocycles. The van der Waals surface area contributed by atoms with Crippen LogP contribution in [0.3, 0.4) is 0 Å². The van der Waals surface area contributed by atoms with Gasteiger partial charge in [-0.25, -0.2) is 4.39 Å². The number of furan rings is 1. The number of rotatable bonds is 4. The molecule has 0 saturated heterocycles. The van der Waals surface area contributed by atoms with E-state index in [-0.39, 0.29) is 12.3 Å². The molecule has 8 heteroatoms. The Hall–Kier alpha value is -2.35. The van der Waals surface area contributed by atoms with Gasteiger partial charge in [-0.3, -0.25) is 4.79 Å². The minimum absolute atomic E-state index is 0.171. The van der Waals surface area contributed by atoms with Gasteiger partial charge in [0, 0.05) is 0 Å². The first-order chi connectivity index (χ1) is 10.3. The predicted octanol–water partition coefficient (Wildman–Crippen LogP) is 2.90. The molecular weight excluding hydrogens is 306 g/mol. The Balaban J connectivity index is 2.10. The molecule has 22 heavy (non-hydrogen) atoms. The van der Waals surface area contributed by atoms with Gasteiger partial charge in [0.05, 0.1) is 23.9 Å². The van der Waals surface area contributed by atoms with Crippen LogP contribution < -0.4 is 5.32 Å². The molecule has 4 nitrogen and oxygen atoms in total. The van der Waals surface area contributed by atoms with Gasteiger partial charge in [-0.15, -0.1) is 0 Å². The van der Waals surface area contributed by atoms with E-state index in [0.29, 0.717) is 6.07 Å². The second-order valence-electron chi connectivity index (χ2n) is 4.41. The summed E-state index contributed by atoms with van der Waals surface area (Å²) < 4.78 is 56.4. The highest BCUT2D eigenvalue weighted by Gasteiger charge is 2.35. The maximum absolute atomic E-state index is 13.8. The van der Waals surface area contributed by atoms with E-state index in [9.17, 15) is 27.5 Å². The molecular formula is C14H11F4NO3. The number of carbonyl (C=O) groups is 1. The monoisotopic (exact) mass is 317 g/mol. The van der Waals surface area contributed by atoms with Crippen molar-refractivity contribution in [2.24, 2.45) is 0 Å². The quantitative estimate of drug-likeness (QED) is 0.852. The number of alkyl halides is 3. The van der Waals surface area contributed by atoms with E-state index in [2.05, 4.69) is 5.32 Å². The van der Waals surface area contributed by atoms with Crippen molar-refractivity contribution >= 4 is 5.91 Å². The Kier molecular flexibility index (Phi) is 4.51. The maximum Gasteiger partial charge on any atom is 0.419 e. The van der Waals surface area contributed by atoms with Crippen molar-refractivity contribution in [2.45, 2.75) is 12.3 Å². The van der Waals surface area contributed by atoms with E-state index in [0.717, 1.165) is 12.1 Å². The molecule has 0 saturated carbocycles. The van der Waals surface area contributed by atoms with Gasteiger partial charge >= 0.3 is 6.18 Å². The molecule has 1 atom stereocenters. The number of carbonyl (C=O) groups excluding carboxylic acids is 1. The fourth-order valence-electron chi connectivity index (χ4n) is 1.79. The molecule has 0 aliphatic heterocycles. The van der Waals surface area contributed by atoms with E-state index in [1.165, 1.54) is 18.4 Å². The zero-order valence-corrected chi connectivity index (χ0v) is 11.0. The lowest BCUT2D eigenvalue weighted by molar-refractivity contribution is -0.140. The van der Waals surface area contributed by atoms with E-state index in [1.807, 2.05) is 0 Å². The molecule has 0 fully saturated rings. The standard InChI is InChI=1S/C14H11F4NO3/c15-12-8(3-1-4-9(12)14(16,17)18)13(21)19-7-10(20)11-5-2-6-22-11/h1-6,10,20H,7H2,(H,19,21). The Bertz CT molecular complexity index is 653. The zero-order chi connectivity index (χ0) is 16.3. The van der Waals surface area contributed by atoms with Gasteiger partial charge in [0.25, 0.3) is 5.91 Å². The molecule has 0 aliphatic rings. The van der Waals surface area contributed by atoms with Crippen LogP contribution in [-0.4, -0.2) is 17.6 Å². The van der Waals surface area contributed by atoms with Crippen molar-refractivity contribution in [1.82, 2.24) is 5.32 Å². The molecule has 1 aromatic carbocycles. The van der Waals surface area contributed by atoms with Crippen molar-refractivity contribution in [1.29, 1.82) is 0 Å². The van der Waals surface area contributed by atoms with Crippen LogP contribution >= 0.6 is 0 Å². The van der Waals surface area contributed by atoms with Gasteiger partial charge in [0.2, 0.25) is 0 Å². The number of amides is 1. The van der Waals surface area contributed by atoms with Crippen LogP contribution in [0.4, 0.5) is 17.6 Å². The lowest BCUT2D eigenvalue weighted by Crippen LogP contribution is -2.29. The van der Waals surface area contributed by atoms with Crippen molar-refractivity contribution in [3.8, 4) is 0 Å². The summed E-state index contributed by atoms with van der Waals surface area (Å²) in [5, 5.41) is 11.8. The number of hydrogen-bond donors (Lipinski definition) is 2. The summed E-state index contributed by atoms with van der Waals surface area (Å²) in [5.41, 5.74) is -2.27. The second kappa shape index (κ2) is 6.18. The third-order valence-corrected chi connectivity index (χ3v) is 2.88. The van der Waals surface area contributed by atoms with E-state index in [1.54, 1.807) is 0 Å². The van der Waals surface area contributed by atoms with E-state index in [4.69, 9.17) is 4.42 Å². The Morgan fingerprint density at radius 2 is 2.00 bits per heavy atom. The molecule has 0 bridgehead atoms. The van der Waals surface area contributed by atoms with Crippen LogP contribution in [0.5, 0.6) is 0 Å². The number of aliphatic hydroxyl groups excluding tert-OH is 1. The van der Waals surface area contributed by atoms with Gasteiger partial charge in [0.15, 0.2) is 0 Å². The summed E-state index contributed by atoms with van der Waals surface area (Å²) in [6.07, 6.45) is -4.77. The fraction of sp³-hybridized carbons (Fsp3) is 0.214. The molecule has 2 N–H and O–H groups in total. The molecule has 2 aromatic rings. The molecule has 1 amide bonds. The first-order valence-electron chi connectivity index (χ1n) is 6.16. The predicted molar refractivity (Wildman–Crippen MR) is 67.4 cm³/mol. The summed E-state index contributed by atoms with van der Waals surface area (Å²) in [6.45, 7) is -0.331. The molecule has 1 heterocycles. The molecule has 2 rings (SSSR count). The highest BCUT2D eigenvalue weighted by Crippen LogP contribution is 2.32. The summed E-state index contributed by atoms with van der Waals surface area (Å²) in [7, 11) is 0. The highest BCUT2D eigenvalue weighted by molar-refractivity contribution is 5.94. The van der Waals surface area contributed by atoms with Gasteiger partial charge in [-0.2, -0.15) is 13.2 Å². The van der Waals surface area contributed by atoms with E-state index < -0.39 is 35.1 Å². The normalized spacial score (nSPS) is 13.0. The van der Waals surface area contributed by atoms with Crippen molar-refractivity contribution < 1.29 is 31.9 Å². The number of nitrogens with one attached hydrogen (secondary N) is 1. The Labute approximate surface area is 122 Å². The zero-order valence-electron chi connectivity index (χ0n) is 11.0. The topological polar surface area (TPSA) is 62.5 Å². The number of hydrogen-bond acceptors (Lipinski definition) is 3. The third-order valence-electron chi connectivity index (χ3n) is 2.88. The van der Waals surface area contributed by atoms with Crippen molar-refractivity contribution in [3.05, 3.63) is 59.3 Å². The Morgan fingerprint density at radius 3 is 2.59 bits per heavy atom. The fourth-order valence-corrected chi connectivity index (χ4v) is 1.79. The first kappa shape index (κ1) is 16.0. The van der Waals surface area contributed by atoms with Crippen LogP contribution in [0.2, 0.25) is 0 Å². The third kappa shape index (κ3) is 3.45. The van der Waals surface area contributed by atoms with Gasteiger partial charge in [0.1, 0.15) is 17.7 Å². The van der Waals surface area contributed by atoms with Crippen LogP contribution in [0.25, 0.3) is 0 Å². The van der Waals surface area contributed by atoms with Gasteiger partial charge in [-0.1, -0.05) is 6.07 Å². The van der Waals surface area contributed by atoms with Crippen LogP contribution in [0.1, 0.15) is 27.8 Å². The minimum Gasteiger partial charge on any atom is -0.467 e. The molecule has 118 valence electrons. The lowest BCUT2D eigenvalue weighted by Gasteiger charge is -2.12. The number of benzene rings is 1. The molecule has 0 spiro atoms. The average Bonchev–Trinajstić information content (AvgIpc) is 2.97. The molecule has 1 unspecified atom stereocenters. The summed E-state index contributed by atoms with van der Waals surface area (Å²) in [5.74, 6) is -2.54. The van der Waals surface area contributed by atoms with Crippen LogP contribution in [-0.2, 0) is 6.18 Å². The van der Waals surface area contributed by atoms with Crippen LogP contribution in [0.15, 0.2) is 41.0 Å². The smallest absolute Gasteiger partial charge is 0.419 e. The number of aliphatic hydroxyl groups is 1. The Morgan fingerprint density at radius 1 is 1.27 bits per heavy atom. The largest absolute Gasteiger partial charge is 0.467 e. The van der Waals surface area contributed by atoms with Gasteiger partial charge in [-0.05, 0) is 24.3 Å².